The predicted molar refractivity (Wildman–Crippen MR) is 56.2 cm³/mol. The van der Waals surface area contributed by atoms with Crippen molar-refractivity contribution in [3.63, 3.8) is 0 Å². The first kappa shape index (κ1) is 11.2. The zero-order valence-corrected chi connectivity index (χ0v) is 9.76. The fraction of sp³-hybridized carbons (Fsp3) is 0.556. The van der Waals surface area contributed by atoms with Crippen molar-refractivity contribution in [3.05, 3.63) is 16.1 Å². The predicted octanol–water partition coefficient (Wildman–Crippen LogP) is 2.00. The molecule has 1 aromatic heterocycles. The first-order chi connectivity index (χ1) is 6.49. The first-order valence-electron chi connectivity index (χ1n) is 4.44. The number of hydrogen-bond donors (Lipinski definition) is 2. The molecule has 5 heteroatoms. The minimum atomic E-state index is -0.842. The van der Waals surface area contributed by atoms with Crippen molar-refractivity contribution in [3.8, 4) is 0 Å². The van der Waals surface area contributed by atoms with E-state index < -0.39 is 5.97 Å². The molecule has 2 N–H and O–H groups in total. The lowest BCUT2D eigenvalue weighted by Gasteiger charge is -2.02. The second-order valence-corrected chi connectivity index (χ2v) is 4.37. The molecule has 1 heterocycles. The van der Waals surface area contributed by atoms with Gasteiger partial charge in [0.1, 0.15) is 0 Å². The van der Waals surface area contributed by atoms with Gasteiger partial charge < -0.3 is 10.1 Å². The second-order valence-electron chi connectivity index (χ2n) is 3.62. The molecule has 0 aliphatic heterocycles. The van der Waals surface area contributed by atoms with Crippen molar-refractivity contribution in [1.82, 2.24) is 9.97 Å². The van der Waals surface area contributed by atoms with E-state index in [1.54, 1.807) is 0 Å². The summed E-state index contributed by atoms with van der Waals surface area (Å²) in [5.74, 6) is -0.371. The molecule has 0 aromatic carbocycles. The van der Waals surface area contributed by atoms with E-state index in [1.165, 1.54) is 0 Å². The van der Waals surface area contributed by atoms with Crippen LogP contribution >= 0.6 is 15.9 Å². The maximum Gasteiger partial charge on any atom is 0.309 e. The van der Waals surface area contributed by atoms with Crippen LogP contribution < -0.4 is 0 Å². The zero-order valence-electron chi connectivity index (χ0n) is 8.17. The lowest BCUT2D eigenvalue weighted by Crippen LogP contribution is -2.05. The van der Waals surface area contributed by atoms with E-state index in [9.17, 15) is 4.79 Å². The molecule has 1 aromatic rings. The van der Waals surface area contributed by atoms with Gasteiger partial charge in [-0.05, 0) is 28.3 Å². The van der Waals surface area contributed by atoms with E-state index in [0.717, 1.165) is 12.1 Å². The van der Waals surface area contributed by atoms with Gasteiger partial charge >= 0.3 is 5.97 Å². The highest BCUT2D eigenvalue weighted by atomic mass is 79.9. The van der Waals surface area contributed by atoms with Crippen LogP contribution in [-0.2, 0) is 17.6 Å². The number of carboxylic acid groups (broad SMARTS) is 1. The van der Waals surface area contributed by atoms with E-state index in [2.05, 4.69) is 39.7 Å². The maximum atomic E-state index is 10.6. The highest BCUT2D eigenvalue weighted by molar-refractivity contribution is 9.10. The Morgan fingerprint density at radius 1 is 1.64 bits per heavy atom. The average molecular weight is 261 g/mol. The van der Waals surface area contributed by atoms with Crippen LogP contribution in [0.15, 0.2) is 4.73 Å². The Labute approximate surface area is 90.9 Å². The van der Waals surface area contributed by atoms with Crippen LogP contribution in [-0.4, -0.2) is 21.0 Å². The third-order valence-corrected chi connectivity index (χ3v) is 2.14. The number of aromatic amines is 1. The summed E-state index contributed by atoms with van der Waals surface area (Å²) < 4.78 is 0.601. The normalized spacial score (nSPS) is 10.9. The van der Waals surface area contributed by atoms with E-state index in [1.807, 2.05) is 0 Å². The minimum absolute atomic E-state index is 0.000648. The summed E-state index contributed by atoms with van der Waals surface area (Å²) in [6.07, 6.45) is 0.797. The fourth-order valence-electron chi connectivity index (χ4n) is 1.26. The number of aromatic nitrogens is 2. The van der Waals surface area contributed by atoms with Gasteiger partial charge in [0.2, 0.25) is 0 Å². The van der Waals surface area contributed by atoms with Gasteiger partial charge in [0.15, 0.2) is 4.73 Å². The number of carboxylic acids is 1. The molecule has 0 atom stereocenters. The Kier molecular flexibility index (Phi) is 3.69. The molecule has 78 valence electrons. The van der Waals surface area contributed by atoms with Gasteiger partial charge in [-0.3, -0.25) is 4.79 Å². The van der Waals surface area contributed by atoms with Gasteiger partial charge in [0.25, 0.3) is 0 Å². The molecule has 0 saturated carbocycles. The van der Waals surface area contributed by atoms with Gasteiger partial charge in [-0.25, -0.2) is 4.98 Å². The van der Waals surface area contributed by atoms with Crippen LogP contribution in [0.2, 0.25) is 0 Å². The SMILES string of the molecule is CC(C)Cc1nc(Br)[nH]c1CC(=O)O. The van der Waals surface area contributed by atoms with Crippen LogP contribution in [0.3, 0.4) is 0 Å². The average Bonchev–Trinajstić information content (AvgIpc) is 2.28. The molecule has 0 fully saturated rings. The number of aliphatic carboxylic acids is 1. The number of carbonyl (C=O) groups is 1. The molecular formula is C9H13BrN2O2. The monoisotopic (exact) mass is 260 g/mol. The van der Waals surface area contributed by atoms with Crippen molar-refractivity contribution >= 4 is 21.9 Å². The van der Waals surface area contributed by atoms with E-state index in [0.29, 0.717) is 16.3 Å². The Morgan fingerprint density at radius 3 is 2.79 bits per heavy atom. The van der Waals surface area contributed by atoms with Crippen LogP contribution in [0.25, 0.3) is 0 Å². The lowest BCUT2D eigenvalue weighted by molar-refractivity contribution is -0.136. The molecule has 0 saturated heterocycles. The van der Waals surface area contributed by atoms with Crippen LogP contribution in [0.4, 0.5) is 0 Å². The standard InChI is InChI=1S/C9H13BrN2O2/c1-5(2)3-6-7(4-8(13)14)12-9(10)11-6/h5H,3-4H2,1-2H3,(H,11,12)(H,13,14). The van der Waals surface area contributed by atoms with E-state index in [4.69, 9.17) is 5.11 Å². The molecule has 0 radical (unpaired) electrons. The molecule has 14 heavy (non-hydrogen) atoms. The van der Waals surface area contributed by atoms with Gasteiger partial charge in [-0.15, -0.1) is 0 Å². The van der Waals surface area contributed by atoms with Gasteiger partial charge in [0.05, 0.1) is 12.1 Å². The Bertz CT molecular complexity index is 334. The molecule has 0 spiro atoms. The van der Waals surface area contributed by atoms with Crippen LogP contribution in [0.5, 0.6) is 0 Å². The smallest absolute Gasteiger partial charge is 0.309 e. The minimum Gasteiger partial charge on any atom is -0.481 e. The summed E-state index contributed by atoms with van der Waals surface area (Å²) in [6, 6.07) is 0. The van der Waals surface area contributed by atoms with Gasteiger partial charge in [-0.2, -0.15) is 0 Å². The third-order valence-electron chi connectivity index (χ3n) is 1.77. The van der Waals surface area contributed by atoms with Crippen molar-refractivity contribution in [2.45, 2.75) is 26.7 Å². The highest BCUT2D eigenvalue weighted by Crippen LogP contribution is 2.15. The van der Waals surface area contributed by atoms with Crippen molar-refractivity contribution < 1.29 is 9.90 Å². The number of imidazole rings is 1. The molecule has 0 amide bonds. The zero-order chi connectivity index (χ0) is 10.7. The number of halogens is 1. The third kappa shape index (κ3) is 3.14. The number of hydrogen-bond acceptors (Lipinski definition) is 2. The summed E-state index contributed by atoms with van der Waals surface area (Å²) in [6.45, 7) is 4.15. The largest absolute Gasteiger partial charge is 0.481 e. The Morgan fingerprint density at radius 2 is 2.29 bits per heavy atom. The topological polar surface area (TPSA) is 66.0 Å². The van der Waals surface area contributed by atoms with E-state index in [-0.39, 0.29) is 6.42 Å². The van der Waals surface area contributed by atoms with Crippen LogP contribution in [0, 0.1) is 5.92 Å². The highest BCUT2D eigenvalue weighted by Gasteiger charge is 2.12. The number of nitrogens with one attached hydrogen (secondary N) is 1. The maximum absolute atomic E-state index is 10.6. The molecule has 4 nitrogen and oxygen atoms in total. The van der Waals surface area contributed by atoms with Crippen molar-refractivity contribution in [1.29, 1.82) is 0 Å². The number of rotatable bonds is 4. The quantitative estimate of drug-likeness (QED) is 0.871. The molecule has 0 unspecified atom stereocenters. The lowest BCUT2D eigenvalue weighted by atomic mass is 10.1. The first-order valence-corrected chi connectivity index (χ1v) is 5.23. The molecule has 1 rings (SSSR count). The molecule has 0 aliphatic carbocycles. The molecular weight excluding hydrogens is 248 g/mol. The van der Waals surface area contributed by atoms with Crippen molar-refractivity contribution in [2.75, 3.05) is 0 Å². The second kappa shape index (κ2) is 4.59. The van der Waals surface area contributed by atoms with Crippen LogP contribution in [0.1, 0.15) is 25.2 Å². The molecule has 0 aliphatic rings. The summed E-state index contributed by atoms with van der Waals surface area (Å²) in [5, 5.41) is 8.67. The summed E-state index contributed by atoms with van der Waals surface area (Å²) in [5.41, 5.74) is 1.53. The van der Waals surface area contributed by atoms with Gasteiger partial charge in [-0.1, -0.05) is 13.8 Å². The number of nitrogens with zero attached hydrogens (tertiary/aromatic N) is 1. The Balaban J connectivity index is 2.85. The molecule has 0 bridgehead atoms. The Hall–Kier alpha value is -0.840. The fourth-order valence-corrected chi connectivity index (χ4v) is 1.72. The summed E-state index contributed by atoms with van der Waals surface area (Å²) in [4.78, 5) is 17.7. The summed E-state index contributed by atoms with van der Waals surface area (Å²) in [7, 11) is 0. The summed E-state index contributed by atoms with van der Waals surface area (Å²) >= 11 is 3.20. The van der Waals surface area contributed by atoms with E-state index >= 15 is 0 Å². The van der Waals surface area contributed by atoms with Gasteiger partial charge in [0, 0.05) is 5.69 Å². The number of H-pyrrole nitrogens is 1. The van der Waals surface area contributed by atoms with Crippen molar-refractivity contribution in [2.24, 2.45) is 5.92 Å².